The first-order chi connectivity index (χ1) is 11.5. The molecule has 6 nitrogen and oxygen atoms in total. The molecular weight excluding hydrogens is 340 g/mol. The first-order valence-electron chi connectivity index (χ1n) is 7.44. The number of nitrogens with zero attached hydrogens (tertiary/aromatic N) is 5. The van der Waals surface area contributed by atoms with E-state index < -0.39 is 11.6 Å². The van der Waals surface area contributed by atoms with Crippen molar-refractivity contribution < 1.29 is 8.78 Å². The summed E-state index contributed by atoms with van der Waals surface area (Å²) in [6.45, 7) is 2.84. The van der Waals surface area contributed by atoms with Crippen molar-refractivity contribution in [1.29, 1.82) is 0 Å². The molecule has 1 saturated heterocycles. The Morgan fingerprint density at radius 2 is 1.92 bits per heavy atom. The number of aromatic nitrogens is 3. The molecule has 0 N–H and O–H groups in total. The number of pyridine rings is 1. The van der Waals surface area contributed by atoms with Crippen LogP contribution in [0.2, 0.25) is 5.02 Å². The molecule has 0 saturated carbocycles. The van der Waals surface area contributed by atoms with Gasteiger partial charge in [-0.2, -0.15) is 5.10 Å². The van der Waals surface area contributed by atoms with Gasteiger partial charge in [-0.15, -0.1) is 0 Å². The molecule has 1 aliphatic heterocycles. The summed E-state index contributed by atoms with van der Waals surface area (Å²) in [5.41, 5.74) is 0.484. The van der Waals surface area contributed by atoms with Crippen LogP contribution in [-0.4, -0.2) is 45.8 Å². The van der Waals surface area contributed by atoms with Crippen LogP contribution in [-0.2, 0) is 13.6 Å². The summed E-state index contributed by atoms with van der Waals surface area (Å²) in [6, 6.07) is 0.837. The predicted molar refractivity (Wildman–Crippen MR) is 86.1 cm³/mol. The summed E-state index contributed by atoms with van der Waals surface area (Å²) >= 11 is 6.11. The molecule has 2 aromatic heterocycles. The maximum atomic E-state index is 13.7. The molecule has 0 unspecified atom stereocenters. The number of anilines is 1. The molecule has 0 bridgehead atoms. The average Bonchev–Trinajstić information content (AvgIpc) is 2.56. The van der Waals surface area contributed by atoms with Crippen molar-refractivity contribution in [3.63, 3.8) is 0 Å². The summed E-state index contributed by atoms with van der Waals surface area (Å²) in [5.74, 6) is -1.33. The third-order valence-corrected chi connectivity index (χ3v) is 4.39. The van der Waals surface area contributed by atoms with Crippen molar-refractivity contribution in [1.82, 2.24) is 19.7 Å². The van der Waals surface area contributed by atoms with E-state index in [2.05, 4.69) is 10.1 Å². The van der Waals surface area contributed by atoms with Crippen molar-refractivity contribution in [2.45, 2.75) is 6.54 Å². The lowest BCUT2D eigenvalue weighted by atomic mass is 10.2. The van der Waals surface area contributed by atoms with E-state index in [1.807, 2.05) is 9.80 Å². The van der Waals surface area contributed by atoms with E-state index in [4.69, 9.17) is 11.6 Å². The summed E-state index contributed by atoms with van der Waals surface area (Å²) in [7, 11) is 1.54. The second kappa shape index (κ2) is 6.82. The Morgan fingerprint density at radius 3 is 2.58 bits per heavy atom. The van der Waals surface area contributed by atoms with Gasteiger partial charge in [-0.1, -0.05) is 11.6 Å². The van der Waals surface area contributed by atoms with Gasteiger partial charge in [-0.25, -0.2) is 13.5 Å². The normalized spacial score (nSPS) is 15.8. The van der Waals surface area contributed by atoms with Crippen LogP contribution < -0.4 is 10.5 Å². The second-order valence-electron chi connectivity index (χ2n) is 5.62. The number of hydrogen-bond donors (Lipinski definition) is 0. The Morgan fingerprint density at radius 1 is 1.21 bits per heavy atom. The van der Waals surface area contributed by atoms with E-state index in [0.29, 0.717) is 38.4 Å². The van der Waals surface area contributed by atoms with E-state index in [1.165, 1.54) is 4.68 Å². The summed E-state index contributed by atoms with van der Waals surface area (Å²) in [5, 5.41) is 4.14. The molecule has 0 spiro atoms. The Hall–Kier alpha value is -2.06. The van der Waals surface area contributed by atoms with Crippen molar-refractivity contribution in [3.05, 3.63) is 51.2 Å². The quantitative estimate of drug-likeness (QED) is 0.833. The SMILES string of the molecule is Cn1ncc(N2CCN(Cc3ncc(F)cc3F)CC2)c(Cl)c1=O. The van der Waals surface area contributed by atoms with Crippen LogP contribution in [0.5, 0.6) is 0 Å². The summed E-state index contributed by atoms with van der Waals surface area (Å²) in [6.07, 6.45) is 2.58. The topological polar surface area (TPSA) is 54.3 Å². The van der Waals surface area contributed by atoms with Crippen LogP contribution in [0, 0.1) is 11.6 Å². The van der Waals surface area contributed by atoms with E-state index in [0.717, 1.165) is 12.3 Å². The van der Waals surface area contributed by atoms with E-state index in [-0.39, 0.29) is 16.3 Å². The van der Waals surface area contributed by atoms with Gasteiger partial charge in [-0.3, -0.25) is 14.7 Å². The Kier molecular flexibility index (Phi) is 4.77. The van der Waals surface area contributed by atoms with Gasteiger partial charge < -0.3 is 4.90 Å². The molecule has 128 valence electrons. The fraction of sp³-hybridized carbons (Fsp3) is 0.400. The molecule has 3 rings (SSSR count). The smallest absolute Gasteiger partial charge is 0.287 e. The molecule has 9 heteroatoms. The van der Waals surface area contributed by atoms with E-state index in [1.54, 1.807) is 13.2 Å². The molecular formula is C15H16ClF2N5O. The van der Waals surface area contributed by atoms with Crippen molar-refractivity contribution in [2.75, 3.05) is 31.1 Å². The fourth-order valence-electron chi connectivity index (χ4n) is 2.64. The average molecular weight is 356 g/mol. The zero-order chi connectivity index (χ0) is 17.3. The Labute approximate surface area is 142 Å². The third-order valence-electron chi connectivity index (χ3n) is 4.03. The highest BCUT2D eigenvalue weighted by Crippen LogP contribution is 2.22. The van der Waals surface area contributed by atoms with Gasteiger partial charge in [0.05, 0.1) is 23.8 Å². The van der Waals surface area contributed by atoms with Crippen LogP contribution >= 0.6 is 11.6 Å². The van der Waals surface area contributed by atoms with E-state index >= 15 is 0 Å². The first kappa shape index (κ1) is 16.8. The highest BCUT2D eigenvalue weighted by atomic mass is 35.5. The minimum Gasteiger partial charge on any atom is -0.366 e. The van der Waals surface area contributed by atoms with Gasteiger partial charge in [-0.05, 0) is 0 Å². The fourth-order valence-corrected chi connectivity index (χ4v) is 2.93. The minimum atomic E-state index is -0.686. The lowest BCUT2D eigenvalue weighted by Crippen LogP contribution is -2.46. The molecule has 24 heavy (non-hydrogen) atoms. The molecule has 1 fully saturated rings. The van der Waals surface area contributed by atoms with Gasteiger partial charge in [0.25, 0.3) is 5.56 Å². The van der Waals surface area contributed by atoms with Gasteiger partial charge in [0, 0.05) is 45.8 Å². The molecule has 2 aromatic rings. The van der Waals surface area contributed by atoms with Crippen molar-refractivity contribution in [2.24, 2.45) is 7.05 Å². The Bertz CT molecular complexity index is 805. The number of piperazine rings is 1. The maximum Gasteiger partial charge on any atom is 0.287 e. The summed E-state index contributed by atoms with van der Waals surface area (Å²) in [4.78, 5) is 19.6. The molecule has 0 aliphatic carbocycles. The molecule has 1 aliphatic rings. The number of aryl methyl sites for hydroxylation is 1. The molecule has 0 amide bonds. The zero-order valence-electron chi connectivity index (χ0n) is 13.0. The zero-order valence-corrected chi connectivity index (χ0v) is 13.8. The van der Waals surface area contributed by atoms with Crippen LogP contribution in [0.1, 0.15) is 5.69 Å². The number of halogens is 3. The minimum absolute atomic E-state index is 0.146. The lowest BCUT2D eigenvalue weighted by Gasteiger charge is -2.36. The monoisotopic (exact) mass is 355 g/mol. The van der Waals surface area contributed by atoms with E-state index in [9.17, 15) is 13.6 Å². The predicted octanol–water partition coefficient (Wildman–Crippen LogP) is 1.43. The van der Waals surface area contributed by atoms with Gasteiger partial charge >= 0.3 is 0 Å². The van der Waals surface area contributed by atoms with Crippen LogP contribution in [0.3, 0.4) is 0 Å². The standard InChI is InChI=1S/C15H16ClF2N5O/c1-21-15(24)14(16)13(8-20-21)23-4-2-22(3-5-23)9-12-11(18)6-10(17)7-19-12/h6-8H,2-5,9H2,1H3. The van der Waals surface area contributed by atoms with Crippen molar-refractivity contribution in [3.8, 4) is 0 Å². The largest absolute Gasteiger partial charge is 0.366 e. The van der Waals surface area contributed by atoms with Gasteiger partial charge in [0.2, 0.25) is 0 Å². The third kappa shape index (κ3) is 3.39. The molecule has 0 aromatic carbocycles. The first-order valence-corrected chi connectivity index (χ1v) is 7.82. The summed E-state index contributed by atoms with van der Waals surface area (Å²) < 4.78 is 27.8. The number of rotatable bonds is 3. The van der Waals surface area contributed by atoms with Gasteiger partial charge in [0.1, 0.15) is 16.7 Å². The molecule has 0 atom stereocenters. The van der Waals surface area contributed by atoms with Gasteiger partial charge in [0.15, 0.2) is 0 Å². The second-order valence-corrected chi connectivity index (χ2v) is 6.00. The highest BCUT2D eigenvalue weighted by Gasteiger charge is 2.22. The molecule has 0 radical (unpaired) electrons. The highest BCUT2D eigenvalue weighted by molar-refractivity contribution is 6.33. The maximum absolute atomic E-state index is 13.7. The molecule has 3 heterocycles. The lowest BCUT2D eigenvalue weighted by molar-refractivity contribution is 0.243. The van der Waals surface area contributed by atoms with Crippen LogP contribution in [0.4, 0.5) is 14.5 Å². The van der Waals surface area contributed by atoms with Crippen LogP contribution in [0.15, 0.2) is 23.3 Å². The van der Waals surface area contributed by atoms with Crippen LogP contribution in [0.25, 0.3) is 0 Å². The number of hydrogen-bond acceptors (Lipinski definition) is 5. The van der Waals surface area contributed by atoms with Crippen molar-refractivity contribution >= 4 is 17.3 Å². The Balaban J connectivity index is 1.66.